The molecule has 0 bridgehead atoms. The summed E-state index contributed by atoms with van der Waals surface area (Å²) in [6, 6.07) is 14.4. The number of nitrogens with zero attached hydrogens (tertiary/aromatic N) is 3. The smallest absolute Gasteiger partial charge is 0.227 e. The quantitative estimate of drug-likeness (QED) is 0.632. The Balaban J connectivity index is 1.34. The van der Waals surface area contributed by atoms with Crippen molar-refractivity contribution >= 4 is 29.1 Å². The van der Waals surface area contributed by atoms with Crippen LogP contribution in [0.25, 0.3) is 11.4 Å². The fourth-order valence-corrected chi connectivity index (χ4v) is 3.44. The van der Waals surface area contributed by atoms with Crippen LogP contribution in [0.1, 0.15) is 12.2 Å². The highest BCUT2D eigenvalue weighted by Gasteiger charge is 2.35. The number of halogens is 1. The van der Waals surface area contributed by atoms with Crippen LogP contribution in [0.3, 0.4) is 0 Å². The molecule has 0 aliphatic carbocycles. The summed E-state index contributed by atoms with van der Waals surface area (Å²) in [5.74, 6) is 1.12. The lowest BCUT2D eigenvalue weighted by Crippen LogP contribution is -2.32. The van der Waals surface area contributed by atoms with Crippen molar-refractivity contribution in [3.8, 4) is 17.1 Å². The Morgan fingerprint density at radius 1 is 1.23 bits per heavy atom. The van der Waals surface area contributed by atoms with Crippen LogP contribution in [0, 0.1) is 5.92 Å². The lowest BCUT2D eigenvalue weighted by atomic mass is 10.1. The second-order valence-electron chi connectivity index (χ2n) is 6.93. The van der Waals surface area contributed by atoms with Gasteiger partial charge in [-0.25, -0.2) is 4.98 Å². The average Bonchev–Trinajstić information content (AvgIpc) is 3.40. The minimum Gasteiger partial charge on any atom is -0.497 e. The molecule has 0 saturated carbocycles. The molecule has 30 heavy (non-hydrogen) atoms. The number of nitrogens with one attached hydrogen (secondary N) is 2. The van der Waals surface area contributed by atoms with E-state index in [1.807, 2.05) is 24.3 Å². The summed E-state index contributed by atoms with van der Waals surface area (Å²) in [5.41, 5.74) is 1.57. The van der Waals surface area contributed by atoms with Gasteiger partial charge in [-0.2, -0.15) is 5.10 Å². The number of aromatic nitrogens is 3. The molecule has 2 amide bonds. The molecule has 0 spiro atoms. The van der Waals surface area contributed by atoms with E-state index in [1.165, 1.54) is 0 Å². The number of anilines is 1. The molecule has 3 aromatic rings. The highest BCUT2D eigenvalue weighted by molar-refractivity contribution is 6.30. The molecule has 4 rings (SSSR count). The summed E-state index contributed by atoms with van der Waals surface area (Å²) < 4.78 is 5.14. The number of hydrogen-bond acceptors (Lipinski definition) is 5. The van der Waals surface area contributed by atoms with Crippen molar-refractivity contribution in [3.05, 3.63) is 59.4 Å². The number of methoxy groups -OCH3 is 1. The highest BCUT2D eigenvalue weighted by Crippen LogP contribution is 2.26. The van der Waals surface area contributed by atoms with Gasteiger partial charge >= 0.3 is 0 Å². The number of hydrogen-bond donors (Lipinski definition) is 2. The van der Waals surface area contributed by atoms with E-state index in [0.29, 0.717) is 23.2 Å². The second-order valence-corrected chi connectivity index (χ2v) is 7.37. The first-order chi connectivity index (χ1) is 14.5. The molecule has 1 saturated heterocycles. The van der Waals surface area contributed by atoms with Crippen molar-refractivity contribution in [1.29, 1.82) is 0 Å². The SMILES string of the molecule is COc1ccc(-c2n[nH]c(CNC(=O)C3CC(=O)N(c4ccc(Cl)cc4)C3)n2)cc1. The molecule has 1 aliphatic rings. The molecule has 1 unspecified atom stereocenters. The van der Waals surface area contributed by atoms with Crippen molar-refractivity contribution in [2.45, 2.75) is 13.0 Å². The summed E-state index contributed by atoms with van der Waals surface area (Å²) in [7, 11) is 1.61. The second kappa shape index (κ2) is 8.54. The molecule has 1 aromatic heterocycles. The van der Waals surface area contributed by atoms with Crippen LogP contribution in [-0.4, -0.2) is 40.7 Å². The molecule has 9 heteroatoms. The lowest BCUT2D eigenvalue weighted by molar-refractivity contribution is -0.126. The number of H-pyrrole nitrogens is 1. The van der Waals surface area contributed by atoms with Gasteiger partial charge < -0.3 is 15.0 Å². The van der Waals surface area contributed by atoms with Gasteiger partial charge in [0.25, 0.3) is 0 Å². The zero-order chi connectivity index (χ0) is 21.1. The van der Waals surface area contributed by atoms with E-state index < -0.39 is 5.92 Å². The third-order valence-corrected chi connectivity index (χ3v) is 5.20. The van der Waals surface area contributed by atoms with Gasteiger partial charge in [0, 0.05) is 29.2 Å². The van der Waals surface area contributed by atoms with E-state index >= 15 is 0 Å². The van der Waals surface area contributed by atoms with E-state index in [-0.39, 0.29) is 24.8 Å². The maximum absolute atomic E-state index is 12.6. The van der Waals surface area contributed by atoms with Gasteiger partial charge in [0.1, 0.15) is 11.6 Å². The molecule has 1 aliphatic heterocycles. The van der Waals surface area contributed by atoms with Gasteiger partial charge in [-0.1, -0.05) is 11.6 Å². The molecule has 2 heterocycles. The maximum atomic E-state index is 12.6. The van der Waals surface area contributed by atoms with Gasteiger partial charge in [-0.05, 0) is 48.5 Å². The van der Waals surface area contributed by atoms with Crippen LogP contribution in [0.2, 0.25) is 5.02 Å². The van der Waals surface area contributed by atoms with Crippen molar-refractivity contribution in [2.24, 2.45) is 5.92 Å². The van der Waals surface area contributed by atoms with Crippen molar-refractivity contribution in [2.75, 3.05) is 18.6 Å². The van der Waals surface area contributed by atoms with Gasteiger partial charge in [-0.15, -0.1) is 0 Å². The molecule has 1 fully saturated rings. The van der Waals surface area contributed by atoms with Crippen LogP contribution in [0.4, 0.5) is 5.69 Å². The summed E-state index contributed by atoms with van der Waals surface area (Å²) >= 11 is 5.90. The predicted molar refractivity (Wildman–Crippen MR) is 112 cm³/mol. The van der Waals surface area contributed by atoms with Gasteiger partial charge in [-0.3, -0.25) is 14.7 Å². The number of aromatic amines is 1. The molecular weight excluding hydrogens is 406 g/mol. The Morgan fingerprint density at radius 3 is 2.67 bits per heavy atom. The first kappa shape index (κ1) is 19.9. The zero-order valence-corrected chi connectivity index (χ0v) is 17.0. The predicted octanol–water partition coefficient (Wildman–Crippen LogP) is 2.80. The Bertz CT molecular complexity index is 1050. The fraction of sp³-hybridized carbons (Fsp3) is 0.238. The van der Waals surface area contributed by atoms with Crippen LogP contribution < -0.4 is 15.0 Å². The van der Waals surface area contributed by atoms with Crippen LogP contribution in [0.5, 0.6) is 5.75 Å². The van der Waals surface area contributed by atoms with Crippen LogP contribution >= 0.6 is 11.6 Å². The highest BCUT2D eigenvalue weighted by atomic mass is 35.5. The molecule has 0 radical (unpaired) electrons. The molecule has 1 atom stereocenters. The fourth-order valence-electron chi connectivity index (χ4n) is 3.31. The van der Waals surface area contributed by atoms with Crippen molar-refractivity contribution < 1.29 is 14.3 Å². The zero-order valence-electron chi connectivity index (χ0n) is 16.3. The van der Waals surface area contributed by atoms with Gasteiger partial charge in [0.2, 0.25) is 11.8 Å². The Morgan fingerprint density at radius 2 is 1.97 bits per heavy atom. The molecule has 2 N–H and O–H groups in total. The number of amides is 2. The van der Waals surface area contributed by atoms with Gasteiger partial charge in [0.05, 0.1) is 19.6 Å². The third-order valence-electron chi connectivity index (χ3n) is 4.94. The van der Waals surface area contributed by atoms with Crippen LogP contribution in [-0.2, 0) is 16.1 Å². The minimum atomic E-state index is -0.419. The first-order valence-corrected chi connectivity index (χ1v) is 9.80. The summed E-state index contributed by atoms with van der Waals surface area (Å²) in [5, 5.41) is 10.4. The topological polar surface area (TPSA) is 100 Å². The molecule has 2 aromatic carbocycles. The number of carbonyl (C=O) groups is 2. The van der Waals surface area contributed by atoms with Gasteiger partial charge in [0.15, 0.2) is 5.82 Å². The Labute approximate surface area is 178 Å². The normalized spacial score (nSPS) is 16.0. The monoisotopic (exact) mass is 425 g/mol. The van der Waals surface area contributed by atoms with E-state index in [9.17, 15) is 9.59 Å². The summed E-state index contributed by atoms with van der Waals surface area (Å²) in [6.07, 6.45) is 0.169. The van der Waals surface area contributed by atoms with Crippen molar-refractivity contribution in [1.82, 2.24) is 20.5 Å². The molecular formula is C21H20ClN5O3. The molecule has 8 nitrogen and oxygen atoms in total. The maximum Gasteiger partial charge on any atom is 0.227 e. The largest absolute Gasteiger partial charge is 0.497 e. The standard InChI is InChI=1S/C21H20ClN5O3/c1-30-17-8-2-13(3-9-17)20-24-18(25-26-20)11-23-21(29)14-10-19(28)27(12-14)16-6-4-15(22)5-7-16/h2-9,14H,10-12H2,1H3,(H,23,29)(H,24,25,26). The Hall–Kier alpha value is -3.39. The van der Waals surface area contributed by atoms with E-state index in [4.69, 9.17) is 16.3 Å². The number of carbonyl (C=O) groups excluding carboxylic acids is 2. The number of rotatable bonds is 6. The first-order valence-electron chi connectivity index (χ1n) is 9.43. The van der Waals surface area contributed by atoms with Crippen molar-refractivity contribution in [3.63, 3.8) is 0 Å². The minimum absolute atomic E-state index is 0.0843. The molecule has 154 valence electrons. The van der Waals surface area contributed by atoms with E-state index in [2.05, 4.69) is 20.5 Å². The Kier molecular flexibility index (Phi) is 5.67. The summed E-state index contributed by atoms with van der Waals surface area (Å²) in [6.45, 7) is 0.535. The van der Waals surface area contributed by atoms with E-state index in [1.54, 1.807) is 36.3 Å². The lowest BCUT2D eigenvalue weighted by Gasteiger charge is -2.16. The van der Waals surface area contributed by atoms with Crippen LogP contribution in [0.15, 0.2) is 48.5 Å². The number of ether oxygens (including phenoxy) is 1. The third kappa shape index (κ3) is 4.28. The summed E-state index contributed by atoms with van der Waals surface area (Å²) in [4.78, 5) is 30.9. The number of benzene rings is 2. The average molecular weight is 426 g/mol. The van der Waals surface area contributed by atoms with E-state index in [0.717, 1.165) is 17.0 Å².